The van der Waals surface area contributed by atoms with Gasteiger partial charge < -0.3 is 15.8 Å². The van der Waals surface area contributed by atoms with Crippen molar-refractivity contribution in [1.29, 1.82) is 0 Å². The molecule has 1 aromatic carbocycles. The minimum atomic E-state index is -1.01. The highest BCUT2D eigenvalue weighted by atomic mass is 16.6. The van der Waals surface area contributed by atoms with Crippen LogP contribution in [-0.2, 0) is 0 Å². The number of rotatable bonds is 4. The molecular weight excluding hydrogens is 260 g/mol. The van der Waals surface area contributed by atoms with E-state index in [-0.39, 0.29) is 6.01 Å². The van der Waals surface area contributed by atoms with Crippen LogP contribution in [0.3, 0.4) is 0 Å². The van der Waals surface area contributed by atoms with Crippen molar-refractivity contribution >= 4 is 23.2 Å². The summed E-state index contributed by atoms with van der Waals surface area (Å²) in [6.07, 6.45) is 0.822. The predicted octanol–water partition coefficient (Wildman–Crippen LogP) is 1.85. The van der Waals surface area contributed by atoms with Gasteiger partial charge in [0.25, 0.3) is 0 Å². The van der Waals surface area contributed by atoms with Crippen molar-refractivity contribution < 1.29 is 14.3 Å². The molecule has 106 valence electrons. The van der Waals surface area contributed by atoms with E-state index in [9.17, 15) is 9.59 Å². The molecular formula is C13H16N4O3. The van der Waals surface area contributed by atoms with Crippen molar-refractivity contribution in [2.45, 2.75) is 19.8 Å². The van der Waals surface area contributed by atoms with E-state index in [2.05, 4.69) is 10.3 Å². The van der Waals surface area contributed by atoms with Gasteiger partial charge in [-0.3, -0.25) is 0 Å². The first-order valence-corrected chi connectivity index (χ1v) is 6.36. The molecule has 3 N–H and O–H groups in total. The molecule has 2 aromatic rings. The number of carbonyl (C=O) groups is 2. The standard InChI is InChI=1S/C13H16N4O3/c1-2-3-8-15-12(19)17-10-7-5-4-6-9(10)16-13(17)20-11(14)18/h4-7H,2-3,8H2,1H3,(H2,14,18)(H,15,19). The number of para-hydroxylation sites is 2. The lowest BCUT2D eigenvalue weighted by atomic mass is 10.3. The Morgan fingerprint density at radius 1 is 1.40 bits per heavy atom. The maximum absolute atomic E-state index is 12.2. The largest absolute Gasteiger partial charge is 0.412 e. The lowest BCUT2D eigenvalue weighted by molar-refractivity contribution is 0.204. The molecule has 0 saturated heterocycles. The second-order valence-corrected chi connectivity index (χ2v) is 4.23. The highest BCUT2D eigenvalue weighted by Crippen LogP contribution is 2.20. The molecule has 20 heavy (non-hydrogen) atoms. The molecule has 1 heterocycles. The van der Waals surface area contributed by atoms with Crippen molar-refractivity contribution in [2.75, 3.05) is 6.54 Å². The Kier molecular flexibility index (Phi) is 4.19. The zero-order valence-electron chi connectivity index (χ0n) is 11.1. The SMILES string of the molecule is CCCCNC(=O)n1c(OC(N)=O)nc2ccccc21. The van der Waals surface area contributed by atoms with Crippen LogP contribution in [0.5, 0.6) is 6.01 Å². The number of primary amides is 1. The smallest absolute Gasteiger partial charge is 0.375 e. The topological polar surface area (TPSA) is 99.2 Å². The third kappa shape index (κ3) is 2.87. The number of aromatic nitrogens is 2. The number of ether oxygens (including phenoxy) is 1. The Balaban J connectivity index is 2.37. The number of hydrogen-bond acceptors (Lipinski definition) is 4. The van der Waals surface area contributed by atoms with Gasteiger partial charge in [-0.05, 0) is 18.6 Å². The molecule has 0 spiro atoms. The van der Waals surface area contributed by atoms with E-state index in [1.54, 1.807) is 24.3 Å². The average Bonchev–Trinajstić information content (AvgIpc) is 2.75. The lowest BCUT2D eigenvalue weighted by Crippen LogP contribution is -2.30. The van der Waals surface area contributed by atoms with Crippen molar-refractivity contribution in [3.05, 3.63) is 24.3 Å². The molecule has 0 aliphatic rings. The van der Waals surface area contributed by atoms with E-state index >= 15 is 0 Å². The Labute approximate surface area is 115 Å². The van der Waals surface area contributed by atoms with Gasteiger partial charge in [-0.15, -0.1) is 0 Å². The third-order valence-electron chi connectivity index (χ3n) is 2.73. The van der Waals surface area contributed by atoms with Gasteiger partial charge >= 0.3 is 18.1 Å². The molecule has 0 bridgehead atoms. The first kappa shape index (κ1) is 13.9. The Hall–Kier alpha value is -2.57. The van der Waals surface area contributed by atoms with Crippen molar-refractivity contribution in [3.8, 4) is 6.01 Å². The van der Waals surface area contributed by atoms with Crippen molar-refractivity contribution in [3.63, 3.8) is 0 Å². The summed E-state index contributed by atoms with van der Waals surface area (Å²) in [5.74, 6) is 0. The van der Waals surface area contributed by atoms with Crippen LogP contribution in [0, 0.1) is 0 Å². The van der Waals surface area contributed by atoms with E-state index in [0.717, 1.165) is 12.8 Å². The van der Waals surface area contributed by atoms with Gasteiger partial charge in [0.1, 0.15) is 0 Å². The molecule has 7 nitrogen and oxygen atoms in total. The van der Waals surface area contributed by atoms with Crippen LogP contribution in [0.1, 0.15) is 19.8 Å². The summed E-state index contributed by atoms with van der Waals surface area (Å²) >= 11 is 0. The minimum absolute atomic E-state index is 0.132. The fourth-order valence-corrected chi connectivity index (χ4v) is 1.81. The summed E-state index contributed by atoms with van der Waals surface area (Å²) < 4.78 is 5.99. The van der Waals surface area contributed by atoms with Crippen LogP contribution in [-0.4, -0.2) is 28.2 Å². The van der Waals surface area contributed by atoms with Crippen molar-refractivity contribution in [2.24, 2.45) is 5.73 Å². The second-order valence-electron chi connectivity index (χ2n) is 4.23. The highest BCUT2D eigenvalue weighted by molar-refractivity contribution is 5.91. The van der Waals surface area contributed by atoms with Gasteiger partial charge in [0, 0.05) is 6.54 Å². The summed E-state index contributed by atoms with van der Waals surface area (Å²) in [4.78, 5) is 27.2. The molecule has 2 amide bonds. The molecule has 0 unspecified atom stereocenters. The second kappa shape index (κ2) is 6.05. The number of imidazole rings is 1. The van der Waals surface area contributed by atoms with Gasteiger partial charge in [0.05, 0.1) is 11.0 Å². The van der Waals surface area contributed by atoms with Crippen LogP contribution < -0.4 is 15.8 Å². The van der Waals surface area contributed by atoms with E-state index in [0.29, 0.717) is 17.6 Å². The van der Waals surface area contributed by atoms with Gasteiger partial charge in [-0.2, -0.15) is 4.98 Å². The third-order valence-corrected chi connectivity index (χ3v) is 2.73. The minimum Gasteiger partial charge on any atom is -0.375 e. The van der Waals surface area contributed by atoms with Crippen LogP contribution in [0.15, 0.2) is 24.3 Å². The molecule has 0 saturated carbocycles. The number of carbonyl (C=O) groups excluding carboxylic acids is 2. The van der Waals surface area contributed by atoms with Crippen LogP contribution in [0.25, 0.3) is 11.0 Å². The maximum atomic E-state index is 12.2. The van der Waals surface area contributed by atoms with Crippen LogP contribution in [0.2, 0.25) is 0 Å². The Morgan fingerprint density at radius 3 is 2.85 bits per heavy atom. The molecule has 0 radical (unpaired) electrons. The van der Waals surface area contributed by atoms with Gasteiger partial charge in [-0.1, -0.05) is 25.5 Å². The van der Waals surface area contributed by atoms with E-state index < -0.39 is 12.1 Å². The van der Waals surface area contributed by atoms with E-state index in [4.69, 9.17) is 10.5 Å². The summed E-state index contributed by atoms with van der Waals surface area (Å²) in [5.41, 5.74) is 6.09. The number of nitrogens with zero attached hydrogens (tertiary/aromatic N) is 2. The molecule has 0 aliphatic carbocycles. The Morgan fingerprint density at radius 2 is 2.15 bits per heavy atom. The van der Waals surface area contributed by atoms with E-state index in [1.807, 2.05) is 6.92 Å². The van der Waals surface area contributed by atoms with Crippen LogP contribution in [0.4, 0.5) is 9.59 Å². The number of nitrogens with one attached hydrogen (secondary N) is 1. The first-order chi connectivity index (χ1) is 9.63. The summed E-state index contributed by atoms with van der Waals surface area (Å²) in [6, 6.07) is 6.46. The van der Waals surface area contributed by atoms with Crippen molar-refractivity contribution in [1.82, 2.24) is 14.9 Å². The number of amides is 2. The maximum Gasteiger partial charge on any atom is 0.412 e. The molecule has 0 aliphatic heterocycles. The zero-order valence-corrected chi connectivity index (χ0v) is 11.1. The normalized spacial score (nSPS) is 10.4. The predicted molar refractivity (Wildman–Crippen MR) is 73.6 cm³/mol. The molecule has 0 atom stereocenters. The quantitative estimate of drug-likeness (QED) is 0.832. The average molecular weight is 276 g/mol. The fraction of sp³-hybridized carbons (Fsp3) is 0.308. The van der Waals surface area contributed by atoms with Crippen LogP contribution >= 0.6 is 0 Å². The molecule has 0 fully saturated rings. The number of unbranched alkanes of at least 4 members (excludes halogenated alkanes) is 1. The van der Waals surface area contributed by atoms with Gasteiger partial charge in [0.2, 0.25) is 0 Å². The van der Waals surface area contributed by atoms with Gasteiger partial charge in [0.15, 0.2) is 0 Å². The van der Waals surface area contributed by atoms with E-state index in [1.165, 1.54) is 4.57 Å². The number of benzene rings is 1. The summed E-state index contributed by atoms with van der Waals surface area (Å²) in [5, 5.41) is 2.74. The molecule has 7 heteroatoms. The molecule has 2 rings (SSSR count). The lowest BCUT2D eigenvalue weighted by Gasteiger charge is -2.08. The summed E-state index contributed by atoms with van der Waals surface area (Å²) in [7, 11) is 0. The Bertz CT molecular complexity index is 636. The number of hydrogen-bond donors (Lipinski definition) is 2. The highest BCUT2D eigenvalue weighted by Gasteiger charge is 2.18. The first-order valence-electron chi connectivity index (χ1n) is 6.36. The summed E-state index contributed by atoms with van der Waals surface area (Å²) in [6.45, 7) is 2.57. The fourth-order valence-electron chi connectivity index (χ4n) is 1.81. The number of nitrogens with two attached hydrogens (primary N) is 1. The zero-order chi connectivity index (χ0) is 14.5. The van der Waals surface area contributed by atoms with Gasteiger partial charge in [-0.25, -0.2) is 14.2 Å². The molecule has 1 aromatic heterocycles. The number of fused-ring (bicyclic) bond motifs is 1. The monoisotopic (exact) mass is 276 g/mol.